The van der Waals surface area contributed by atoms with Gasteiger partial charge in [-0.05, 0) is 24.3 Å². The number of hydrogen-bond acceptors (Lipinski definition) is 5. The van der Waals surface area contributed by atoms with Gasteiger partial charge in [-0.2, -0.15) is 5.26 Å². The van der Waals surface area contributed by atoms with Crippen LogP contribution in [0.1, 0.15) is 18.2 Å². The van der Waals surface area contributed by atoms with Crippen LogP contribution in [-0.2, 0) is 17.9 Å². The van der Waals surface area contributed by atoms with Gasteiger partial charge in [0.1, 0.15) is 5.82 Å². The van der Waals surface area contributed by atoms with Gasteiger partial charge in [0.2, 0.25) is 11.9 Å². The van der Waals surface area contributed by atoms with Gasteiger partial charge in [-0.3, -0.25) is 10.1 Å². The fourth-order valence-electron chi connectivity index (χ4n) is 2.39. The molecule has 7 heteroatoms. The zero-order valence-electron chi connectivity index (χ0n) is 11.8. The summed E-state index contributed by atoms with van der Waals surface area (Å²) in [6, 6.07) is 5.92. The molecule has 0 radical (unpaired) electrons. The molecule has 110 valence electrons. The predicted octanol–water partition coefficient (Wildman–Crippen LogP) is 2.04. The fourth-order valence-corrected chi connectivity index (χ4v) is 2.39. The average molecular weight is 297 g/mol. The topological polar surface area (TPSA) is 81.9 Å². The third kappa shape index (κ3) is 2.59. The van der Waals surface area contributed by atoms with E-state index in [0.717, 1.165) is 5.56 Å². The molecule has 2 aromatic rings. The molecule has 0 saturated carbocycles. The summed E-state index contributed by atoms with van der Waals surface area (Å²) in [7, 11) is 0. The van der Waals surface area contributed by atoms with Crippen molar-refractivity contribution in [2.75, 3.05) is 5.32 Å². The van der Waals surface area contributed by atoms with Crippen molar-refractivity contribution >= 4 is 11.9 Å². The van der Waals surface area contributed by atoms with Crippen molar-refractivity contribution in [2.45, 2.75) is 20.0 Å². The molecule has 1 aromatic carbocycles. The number of aromatic nitrogens is 2. The van der Waals surface area contributed by atoms with Crippen LogP contribution in [-0.4, -0.2) is 20.8 Å². The molecular formula is C15H12FN5O. The lowest BCUT2D eigenvalue weighted by Gasteiger charge is -2.09. The Morgan fingerprint density at radius 3 is 2.68 bits per heavy atom. The smallest absolute Gasteiger partial charge is 0.230 e. The molecule has 0 fully saturated rings. The second kappa shape index (κ2) is 5.41. The van der Waals surface area contributed by atoms with Crippen molar-refractivity contribution in [1.82, 2.24) is 14.9 Å². The lowest BCUT2D eigenvalue weighted by atomic mass is 10.1. The van der Waals surface area contributed by atoms with E-state index in [4.69, 9.17) is 5.26 Å². The molecule has 0 atom stereocenters. The summed E-state index contributed by atoms with van der Waals surface area (Å²) in [4.78, 5) is 21.4. The van der Waals surface area contributed by atoms with Gasteiger partial charge in [0.15, 0.2) is 6.19 Å². The third-order valence-corrected chi connectivity index (χ3v) is 3.33. The Balaban J connectivity index is 2.11. The molecule has 1 N–H and O–H groups in total. The standard InChI is InChI=1S/C15H12FN5O/c1-9(22)18-15-19-13-7-21(8-17)6-12(13)14(20-15)10-2-4-11(16)5-3-10/h2-5H,6-7H2,1H3,(H,18,19,20,22). The number of amides is 1. The second-order valence-electron chi connectivity index (χ2n) is 4.97. The molecule has 6 nitrogen and oxygen atoms in total. The minimum absolute atomic E-state index is 0.186. The largest absolute Gasteiger partial charge is 0.300 e. The Bertz CT molecular complexity index is 782. The van der Waals surface area contributed by atoms with Gasteiger partial charge >= 0.3 is 0 Å². The highest BCUT2D eigenvalue weighted by molar-refractivity contribution is 5.87. The summed E-state index contributed by atoms with van der Waals surface area (Å²) in [6.45, 7) is 2.14. The number of rotatable bonds is 2. The van der Waals surface area contributed by atoms with E-state index in [2.05, 4.69) is 21.5 Å². The Kier molecular flexibility index (Phi) is 3.43. The summed E-state index contributed by atoms with van der Waals surface area (Å²) >= 11 is 0. The Labute approximate surface area is 126 Å². The molecule has 1 aromatic heterocycles. The number of halogens is 1. The first-order valence-corrected chi connectivity index (χ1v) is 6.65. The van der Waals surface area contributed by atoms with Crippen LogP contribution >= 0.6 is 0 Å². The van der Waals surface area contributed by atoms with Crippen LogP contribution in [0.25, 0.3) is 11.3 Å². The summed E-state index contributed by atoms with van der Waals surface area (Å²) in [6.07, 6.45) is 2.08. The Morgan fingerprint density at radius 1 is 1.32 bits per heavy atom. The van der Waals surface area contributed by atoms with E-state index in [1.807, 2.05) is 0 Å². The minimum atomic E-state index is -0.338. The minimum Gasteiger partial charge on any atom is -0.300 e. The number of nitrogens with zero attached hydrogens (tertiary/aromatic N) is 4. The van der Waals surface area contributed by atoms with Crippen LogP contribution in [0.15, 0.2) is 24.3 Å². The molecule has 1 aliphatic heterocycles. The van der Waals surface area contributed by atoms with E-state index >= 15 is 0 Å². The molecule has 2 heterocycles. The van der Waals surface area contributed by atoms with Crippen LogP contribution in [0.2, 0.25) is 0 Å². The van der Waals surface area contributed by atoms with Crippen LogP contribution in [0.4, 0.5) is 10.3 Å². The van der Waals surface area contributed by atoms with E-state index < -0.39 is 0 Å². The second-order valence-corrected chi connectivity index (χ2v) is 4.97. The van der Waals surface area contributed by atoms with Crippen LogP contribution in [0.3, 0.4) is 0 Å². The van der Waals surface area contributed by atoms with Crippen LogP contribution in [0.5, 0.6) is 0 Å². The van der Waals surface area contributed by atoms with E-state index in [9.17, 15) is 9.18 Å². The van der Waals surface area contributed by atoms with Crippen molar-refractivity contribution in [3.05, 3.63) is 41.3 Å². The quantitative estimate of drug-likeness (QED) is 0.858. The fraction of sp³-hybridized carbons (Fsp3) is 0.200. The molecule has 22 heavy (non-hydrogen) atoms. The van der Waals surface area contributed by atoms with Gasteiger partial charge in [0.05, 0.1) is 24.5 Å². The number of hydrogen-bond donors (Lipinski definition) is 1. The molecule has 0 spiro atoms. The lowest BCUT2D eigenvalue weighted by Crippen LogP contribution is -2.11. The molecule has 0 saturated heterocycles. The van der Waals surface area contributed by atoms with Gasteiger partial charge < -0.3 is 4.90 Å². The Hall–Kier alpha value is -3.01. The number of carbonyl (C=O) groups excluding carboxylic acids is 1. The van der Waals surface area contributed by atoms with Crippen molar-refractivity contribution in [3.63, 3.8) is 0 Å². The maximum absolute atomic E-state index is 13.1. The summed E-state index contributed by atoms with van der Waals surface area (Å²) in [5, 5.41) is 11.6. The number of anilines is 1. The monoisotopic (exact) mass is 297 g/mol. The summed E-state index contributed by atoms with van der Waals surface area (Å²) < 4.78 is 13.1. The number of benzene rings is 1. The molecule has 0 aliphatic carbocycles. The number of fused-ring (bicyclic) bond motifs is 1. The first-order valence-electron chi connectivity index (χ1n) is 6.65. The highest BCUT2D eigenvalue weighted by Crippen LogP contribution is 2.31. The Morgan fingerprint density at radius 2 is 2.05 bits per heavy atom. The summed E-state index contributed by atoms with van der Waals surface area (Å²) in [5.74, 6) is -0.430. The molecule has 3 rings (SSSR count). The van der Waals surface area contributed by atoms with Gasteiger partial charge in [-0.1, -0.05) is 0 Å². The van der Waals surface area contributed by atoms with Gasteiger partial charge in [-0.15, -0.1) is 0 Å². The lowest BCUT2D eigenvalue weighted by molar-refractivity contribution is -0.114. The number of nitriles is 1. The highest BCUT2D eigenvalue weighted by atomic mass is 19.1. The van der Waals surface area contributed by atoms with E-state index in [1.165, 1.54) is 19.1 Å². The molecule has 0 unspecified atom stereocenters. The van der Waals surface area contributed by atoms with Crippen molar-refractivity contribution in [3.8, 4) is 17.5 Å². The number of nitrogens with one attached hydrogen (secondary N) is 1. The maximum atomic E-state index is 13.1. The molecule has 1 aliphatic rings. The highest BCUT2D eigenvalue weighted by Gasteiger charge is 2.25. The van der Waals surface area contributed by atoms with E-state index in [1.54, 1.807) is 17.0 Å². The zero-order valence-corrected chi connectivity index (χ0v) is 11.8. The van der Waals surface area contributed by atoms with E-state index in [0.29, 0.717) is 30.0 Å². The van der Waals surface area contributed by atoms with Gasteiger partial charge in [0, 0.05) is 18.1 Å². The number of carbonyl (C=O) groups is 1. The summed E-state index contributed by atoms with van der Waals surface area (Å²) in [5.41, 5.74) is 2.83. The van der Waals surface area contributed by atoms with E-state index in [-0.39, 0.29) is 17.7 Å². The normalized spacial score (nSPS) is 12.7. The first kappa shape index (κ1) is 13.9. The average Bonchev–Trinajstić information content (AvgIpc) is 2.89. The molecular weight excluding hydrogens is 285 g/mol. The SMILES string of the molecule is CC(=O)Nc1nc2c(c(-c3ccc(F)cc3)n1)CN(C#N)C2. The van der Waals surface area contributed by atoms with Gasteiger partial charge in [-0.25, -0.2) is 14.4 Å². The zero-order chi connectivity index (χ0) is 15.7. The van der Waals surface area contributed by atoms with Crippen molar-refractivity contribution < 1.29 is 9.18 Å². The molecule has 0 bridgehead atoms. The first-order chi connectivity index (χ1) is 10.6. The maximum Gasteiger partial charge on any atom is 0.230 e. The van der Waals surface area contributed by atoms with Crippen molar-refractivity contribution in [1.29, 1.82) is 5.26 Å². The van der Waals surface area contributed by atoms with Crippen LogP contribution < -0.4 is 5.32 Å². The van der Waals surface area contributed by atoms with Crippen molar-refractivity contribution in [2.24, 2.45) is 0 Å². The van der Waals surface area contributed by atoms with Crippen LogP contribution in [0, 0.1) is 17.3 Å². The predicted molar refractivity (Wildman–Crippen MR) is 76.6 cm³/mol. The van der Waals surface area contributed by atoms with Gasteiger partial charge in [0.25, 0.3) is 0 Å². The third-order valence-electron chi connectivity index (χ3n) is 3.33. The molecule has 1 amide bonds.